The lowest BCUT2D eigenvalue weighted by atomic mass is 10.2. The van der Waals surface area contributed by atoms with Crippen molar-refractivity contribution in [3.8, 4) is 0 Å². The second-order valence-corrected chi connectivity index (χ2v) is 6.00. The molecule has 6 saturated heterocycles. The summed E-state index contributed by atoms with van der Waals surface area (Å²) >= 11 is 0. The molecule has 21 heavy (non-hydrogen) atoms. The van der Waals surface area contributed by atoms with Crippen molar-refractivity contribution in [3.63, 3.8) is 0 Å². The van der Waals surface area contributed by atoms with Gasteiger partial charge in [-0.25, -0.2) is 0 Å². The van der Waals surface area contributed by atoms with Crippen LogP contribution in [0.5, 0.6) is 0 Å². The van der Waals surface area contributed by atoms with Gasteiger partial charge in [0, 0.05) is 0 Å². The first kappa shape index (κ1) is 27.6. The Hall–Kier alpha value is 1.72. The standard InChI is InChI=1S/2C6H12N2.4BrH.H2O/c2*1-2-8-5-3-7(1)4-6-8;;;;;/h2*1-6H2;4*1H;1H2. The fourth-order valence-corrected chi connectivity index (χ4v) is 3.62. The van der Waals surface area contributed by atoms with Gasteiger partial charge in [-0.1, -0.05) is 0 Å². The zero-order valence-electron chi connectivity index (χ0n) is 12.5. The number of halogens is 4. The maximum absolute atomic E-state index is 1.85. The molecule has 6 rings (SSSR count). The summed E-state index contributed by atoms with van der Waals surface area (Å²) in [6.45, 7) is 17.3. The third-order valence-electron chi connectivity index (χ3n) is 4.99. The van der Waals surface area contributed by atoms with Crippen LogP contribution in [0.2, 0.25) is 0 Å². The Kier molecular flexibility index (Phi) is 18.5. The lowest BCUT2D eigenvalue weighted by molar-refractivity contribution is -1.06. The van der Waals surface area contributed by atoms with Gasteiger partial charge in [0.15, 0.2) is 0 Å². The van der Waals surface area contributed by atoms with E-state index in [2.05, 4.69) is 0 Å². The van der Waals surface area contributed by atoms with Gasteiger partial charge in [-0.2, -0.15) is 0 Å². The van der Waals surface area contributed by atoms with Crippen molar-refractivity contribution in [1.29, 1.82) is 0 Å². The van der Waals surface area contributed by atoms with Crippen LogP contribution in [-0.2, 0) is 0 Å². The normalized spacial score (nSPS) is 34.3. The van der Waals surface area contributed by atoms with Crippen LogP contribution in [0.1, 0.15) is 0 Å². The minimum absolute atomic E-state index is 0. The number of rotatable bonds is 0. The van der Waals surface area contributed by atoms with E-state index in [0.29, 0.717) is 0 Å². The number of quaternary nitrogens is 4. The van der Waals surface area contributed by atoms with Crippen LogP contribution >= 0.6 is 0 Å². The van der Waals surface area contributed by atoms with Crippen molar-refractivity contribution >= 4 is 0 Å². The topological polar surface area (TPSA) is 49.3 Å². The first-order chi connectivity index (χ1) is 7.90. The fourth-order valence-electron chi connectivity index (χ4n) is 3.62. The number of piperazine rings is 6. The third kappa shape index (κ3) is 8.39. The van der Waals surface area contributed by atoms with Gasteiger partial charge in [-0.15, -0.1) is 0 Å². The Morgan fingerprint density at radius 2 is 0.381 bits per heavy atom. The molecule has 0 atom stereocenters. The summed E-state index contributed by atoms with van der Waals surface area (Å²) in [5.41, 5.74) is 0. The predicted molar refractivity (Wildman–Crippen MR) is 65.9 cm³/mol. The molecule has 0 aromatic rings. The van der Waals surface area contributed by atoms with Gasteiger partial charge in [-0.3, -0.25) is 0 Å². The quantitative estimate of drug-likeness (QED) is 0.226. The average molecular weight is 566 g/mol. The zero-order valence-corrected chi connectivity index (χ0v) is 18.8. The molecule has 0 amide bonds. The molecule has 6 fully saturated rings. The minimum Gasteiger partial charge on any atom is -1.00 e. The van der Waals surface area contributed by atoms with Crippen molar-refractivity contribution in [2.45, 2.75) is 0 Å². The van der Waals surface area contributed by atoms with E-state index in [1.807, 2.05) is 19.6 Å². The fraction of sp³-hybridized carbons (Fsp3) is 1.00. The van der Waals surface area contributed by atoms with Gasteiger partial charge < -0.3 is 93.0 Å². The molecule has 0 aromatic heterocycles. The number of hydrogen-bond acceptors (Lipinski definition) is 0. The van der Waals surface area contributed by atoms with E-state index >= 15 is 0 Å². The molecule has 0 aromatic carbocycles. The van der Waals surface area contributed by atoms with Gasteiger partial charge in [0.1, 0.15) is 78.5 Å². The van der Waals surface area contributed by atoms with E-state index in [0.717, 1.165) is 0 Å². The second-order valence-electron chi connectivity index (χ2n) is 6.00. The molecular formula is C12H30Br4N4O. The van der Waals surface area contributed by atoms with E-state index in [4.69, 9.17) is 0 Å². The predicted octanol–water partition coefficient (Wildman–Crippen LogP) is -19.2. The summed E-state index contributed by atoms with van der Waals surface area (Å²) in [5.74, 6) is 0. The Morgan fingerprint density at radius 1 is 0.286 bits per heavy atom. The summed E-state index contributed by atoms with van der Waals surface area (Å²) < 4.78 is 0. The van der Waals surface area contributed by atoms with Gasteiger partial charge in [0.25, 0.3) is 0 Å². The van der Waals surface area contributed by atoms with E-state index < -0.39 is 0 Å². The molecule has 6 N–H and O–H groups in total. The molecule has 0 unspecified atom stereocenters. The van der Waals surface area contributed by atoms with Gasteiger partial charge >= 0.3 is 0 Å². The zero-order chi connectivity index (χ0) is 10.8. The highest BCUT2D eigenvalue weighted by molar-refractivity contribution is 4.44. The lowest BCUT2D eigenvalue weighted by Gasteiger charge is -2.35. The van der Waals surface area contributed by atoms with E-state index in [1.54, 1.807) is 0 Å². The molecular weight excluding hydrogens is 536 g/mol. The van der Waals surface area contributed by atoms with Crippen LogP contribution < -0.4 is 87.5 Å². The molecule has 9 heteroatoms. The summed E-state index contributed by atoms with van der Waals surface area (Å²) in [4.78, 5) is 7.39. The van der Waals surface area contributed by atoms with Crippen LogP contribution in [0.25, 0.3) is 0 Å². The number of nitrogens with one attached hydrogen (secondary N) is 4. The largest absolute Gasteiger partial charge is 1.00 e. The molecule has 0 aliphatic carbocycles. The Labute approximate surface area is 170 Å². The van der Waals surface area contributed by atoms with Crippen LogP contribution in [0, 0.1) is 0 Å². The monoisotopic (exact) mass is 562 g/mol. The maximum Gasteiger partial charge on any atom is 0.127 e. The molecule has 132 valence electrons. The van der Waals surface area contributed by atoms with Crippen LogP contribution in [0.3, 0.4) is 0 Å². The van der Waals surface area contributed by atoms with E-state index in [-0.39, 0.29) is 73.4 Å². The number of fused-ring (bicyclic) bond motifs is 6. The summed E-state index contributed by atoms with van der Waals surface area (Å²) in [6, 6.07) is 0. The first-order valence-corrected chi connectivity index (χ1v) is 7.24. The summed E-state index contributed by atoms with van der Waals surface area (Å²) in [6.07, 6.45) is 0. The average Bonchev–Trinajstić information content (AvgIpc) is 2.44. The van der Waals surface area contributed by atoms with Crippen molar-refractivity contribution in [1.82, 2.24) is 0 Å². The minimum atomic E-state index is 0. The number of hydrogen-bond donors (Lipinski definition) is 4. The summed E-state index contributed by atoms with van der Waals surface area (Å²) in [7, 11) is 0. The molecule has 6 heterocycles. The molecule has 6 aliphatic rings. The molecule has 4 bridgehead atoms. The van der Waals surface area contributed by atoms with E-state index in [9.17, 15) is 0 Å². The maximum atomic E-state index is 1.85. The Balaban J connectivity index is -0.000000249. The lowest BCUT2D eigenvalue weighted by Crippen LogP contribution is -3.35. The molecule has 0 saturated carbocycles. The Morgan fingerprint density at radius 3 is 0.429 bits per heavy atom. The summed E-state index contributed by atoms with van der Waals surface area (Å²) in [5, 5.41) is 0. The van der Waals surface area contributed by atoms with E-state index in [1.165, 1.54) is 78.5 Å². The van der Waals surface area contributed by atoms with Gasteiger partial charge in [0.05, 0.1) is 0 Å². The van der Waals surface area contributed by atoms with Crippen molar-refractivity contribution in [2.24, 2.45) is 0 Å². The molecule has 0 radical (unpaired) electrons. The van der Waals surface area contributed by atoms with Crippen molar-refractivity contribution < 1.29 is 93.0 Å². The van der Waals surface area contributed by atoms with Crippen LogP contribution in [0.15, 0.2) is 0 Å². The van der Waals surface area contributed by atoms with Gasteiger partial charge in [0.2, 0.25) is 0 Å². The SMILES string of the molecule is C1C[NH+]2CC[NH+]1CC2.C1C[NH+]2CC[NH+]1CC2.O.[Br-].[Br-].[Br-].[Br-]. The van der Waals surface area contributed by atoms with Crippen molar-refractivity contribution in [2.75, 3.05) is 78.5 Å². The van der Waals surface area contributed by atoms with Crippen molar-refractivity contribution in [3.05, 3.63) is 0 Å². The third-order valence-corrected chi connectivity index (χ3v) is 4.99. The van der Waals surface area contributed by atoms with Gasteiger partial charge in [-0.05, 0) is 0 Å². The Bertz CT molecular complexity index is 167. The first-order valence-electron chi connectivity index (χ1n) is 7.24. The van der Waals surface area contributed by atoms with Crippen LogP contribution in [-0.4, -0.2) is 84.0 Å². The van der Waals surface area contributed by atoms with Crippen LogP contribution in [0.4, 0.5) is 0 Å². The highest BCUT2D eigenvalue weighted by Gasteiger charge is 2.29. The smallest absolute Gasteiger partial charge is 0.127 e. The molecule has 6 aliphatic heterocycles. The highest BCUT2D eigenvalue weighted by atomic mass is 79.9. The second kappa shape index (κ2) is 14.1. The molecule has 0 spiro atoms. The molecule has 5 nitrogen and oxygen atoms in total. The highest BCUT2D eigenvalue weighted by Crippen LogP contribution is 1.65.